The highest BCUT2D eigenvalue weighted by molar-refractivity contribution is 7.92. The van der Waals surface area contributed by atoms with Gasteiger partial charge in [0.2, 0.25) is 11.8 Å². The van der Waals surface area contributed by atoms with Gasteiger partial charge in [0.1, 0.15) is 5.41 Å². The van der Waals surface area contributed by atoms with Crippen LogP contribution in [0.3, 0.4) is 0 Å². The number of alkyl halides is 2. The van der Waals surface area contributed by atoms with Gasteiger partial charge in [-0.25, -0.2) is 17.2 Å². The molecule has 2 unspecified atom stereocenters. The summed E-state index contributed by atoms with van der Waals surface area (Å²) >= 11 is 0. The van der Waals surface area contributed by atoms with Gasteiger partial charge in [-0.1, -0.05) is 0 Å². The van der Waals surface area contributed by atoms with Gasteiger partial charge in [-0.2, -0.15) is 10.4 Å². The van der Waals surface area contributed by atoms with Gasteiger partial charge in [-0.15, -0.1) is 5.10 Å². The molecule has 5 atom stereocenters. The third kappa shape index (κ3) is 3.72. The lowest BCUT2D eigenvalue weighted by atomic mass is 9.70. The quantitative estimate of drug-likeness (QED) is 0.542. The second-order valence-electron chi connectivity index (χ2n) is 9.59. The molecule has 2 heterocycles. The van der Waals surface area contributed by atoms with Gasteiger partial charge in [0, 0.05) is 18.9 Å². The van der Waals surface area contributed by atoms with E-state index < -0.39 is 92.3 Å². The lowest BCUT2D eigenvalue weighted by Gasteiger charge is -2.33. The van der Waals surface area contributed by atoms with Crippen LogP contribution in [0.2, 0.25) is 0 Å². The number of halogens is 2. The summed E-state index contributed by atoms with van der Waals surface area (Å²) in [5.74, 6) is -9.59. The summed E-state index contributed by atoms with van der Waals surface area (Å²) in [5, 5.41) is 25.5. The molecule has 3 aliphatic rings. The number of hydrogen-bond acceptors (Lipinski definition) is 8. The van der Waals surface area contributed by atoms with Crippen molar-refractivity contribution in [2.75, 3.05) is 13.1 Å². The van der Waals surface area contributed by atoms with Gasteiger partial charge in [-0.3, -0.25) is 14.4 Å². The normalized spacial score (nSPS) is 33.8. The summed E-state index contributed by atoms with van der Waals surface area (Å²) in [6.07, 6.45) is -1.99. The van der Waals surface area contributed by atoms with Crippen LogP contribution in [-0.2, 0) is 24.2 Å². The number of primary amides is 1. The van der Waals surface area contributed by atoms with Crippen LogP contribution in [0.1, 0.15) is 31.4 Å². The first-order chi connectivity index (χ1) is 16.2. The Bertz CT molecular complexity index is 1250. The van der Waals surface area contributed by atoms with Crippen molar-refractivity contribution in [3.63, 3.8) is 0 Å². The fraction of sp³-hybridized carbons (Fsp3) is 0.619. The third-order valence-corrected chi connectivity index (χ3v) is 9.63. The lowest BCUT2D eigenvalue weighted by Crippen LogP contribution is -2.48. The van der Waals surface area contributed by atoms with Gasteiger partial charge in [0.05, 0.1) is 34.9 Å². The highest BCUT2D eigenvalue weighted by atomic mass is 32.2. The molecule has 0 spiro atoms. The zero-order chi connectivity index (χ0) is 26.0. The van der Waals surface area contributed by atoms with E-state index in [0.29, 0.717) is 5.69 Å². The Kier molecular flexibility index (Phi) is 5.62. The summed E-state index contributed by atoms with van der Waals surface area (Å²) in [4.78, 5) is 39.1. The van der Waals surface area contributed by atoms with Gasteiger partial charge in [0.25, 0.3) is 5.92 Å². The minimum atomic E-state index is -4.30. The Balaban J connectivity index is 1.79. The fourth-order valence-electron chi connectivity index (χ4n) is 5.59. The van der Waals surface area contributed by atoms with Crippen LogP contribution in [-0.4, -0.2) is 70.7 Å². The highest BCUT2D eigenvalue weighted by Crippen LogP contribution is 2.68. The molecule has 0 bridgehead atoms. The molecule has 14 heteroatoms. The van der Waals surface area contributed by atoms with Crippen LogP contribution in [0.25, 0.3) is 0 Å². The Morgan fingerprint density at radius 3 is 2.40 bits per heavy atom. The van der Waals surface area contributed by atoms with E-state index in [9.17, 15) is 42.0 Å². The second-order valence-corrected chi connectivity index (χ2v) is 11.8. The summed E-state index contributed by atoms with van der Waals surface area (Å²) in [6.45, 7) is 0.332. The van der Waals surface area contributed by atoms with E-state index in [1.165, 1.54) is 12.1 Å². The summed E-state index contributed by atoms with van der Waals surface area (Å²) in [6, 6.07) is 4.35. The molecule has 4 rings (SSSR count). The Morgan fingerprint density at radius 2 is 1.94 bits per heavy atom. The molecule has 3 N–H and O–H groups in total. The van der Waals surface area contributed by atoms with Gasteiger partial charge in [-0.05, 0) is 38.3 Å². The van der Waals surface area contributed by atoms with E-state index in [2.05, 4.69) is 10.2 Å². The van der Waals surface area contributed by atoms with Gasteiger partial charge in [0.15, 0.2) is 14.9 Å². The van der Waals surface area contributed by atoms with E-state index in [-0.39, 0.29) is 13.0 Å². The number of carboxylic acid groups (broad SMARTS) is 1. The van der Waals surface area contributed by atoms with Crippen molar-refractivity contribution in [3.8, 4) is 6.07 Å². The zero-order valence-electron chi connectivity index (χ0n) is 18.6. The Labute approximate surface area is 199 Å². The van der Waals surface area contributed by atoms with Crippen LogP contribution in [0.4, 0.5) is 8.78 Å². The molecule has 11 nitrogen and oxygen atoms in total. The first-order valence-corrected chi connectivity index (χ1v) is 12.4. The van der Waals surface area contributed by atoms with Crippen molar-refractivity contribution in [3.05, 3.63) is 17.8 Å². The number of carboxylic acids is 1. The van der Waals surface area contributed by atoms with Crippen molar-refractivity contribution < 1.29 is 36.7 Å². The predicted octanol–water partition coefficient (Wildman–Crippen LogP) is 0.291. The first kappa shape index (κ1) is 24.9. The Hall–Kier alpha value is -3.21. The minimum absolute atomic E-state index is 0.276. The van der Waals surface area contributed by atoms with E-state index in [4.69, 9.17) is 5.73 Å². The number of amides is 2. The molecule has 1 aromatic heterocycles. The monoisotopic (exact) mass is 511 g/mol. The van der Waals surface area contributed by atoms with Crippen molar-refractivity contribution in [2.24, 2.45) is 28.4 Å². The smallest absolute Gasteiger partial charge is 0.310 e. The predicted molar refractivity (Wildman–Crippen MR) is 112 cm³/mol. The number of hydrogen-bond donors (Lipinski definition) is 2. The Morgan fingerprint density at radius 1 is 1.26 bits per heavy atom. The number of likely N-dealkylation sites (tertiary alicyclic amines) is 1. The first-order valence-electron chi connectivity index (χ1n) is 10.9. The van der Waals surface area contributed by atoms with Crippen LogP contribution in [0.5, 0.6) is 0 Å². The van der Waals surface area contributed by atoms with Crippen molar-refractivity contribution >= 4 is 27.6 Å². The maximum Gasteiger partial charge on any atom is 0.310 e. The number of aryl methyl sites for hydroxylation is 1. The lowest BCUT2D eigenvalue weighted by molar-refractivity contribution is -0.160. The number of sulfone groups is 1. The zero-order valence-corrected chi connectivity index (χ0v) is 19.5. The molecule has 3 fully saturated rings. The van der Waals surface area contributed by atoms with Crippen LogP contribution >= 0.6 is 0 Å². The topological polar surface area (TPSA) is 184 Å². The molecule has 0 aromatic carbocycles. The van der Waals surface area contributed by atoms with E-state index in [1.807, 2.05) is 0 Å². The standard InChI is InChI=1S/C21H23F2N5O6S/c1-11-2-3-15(27-26-11)35(33,34)12-6-13(16(29)28-5-4-20(22,23)10-28)21(7-12,18(31)32)14-8-19(14,9-24)17(25)30/h2-3,12-14H,4-8,10H2,1H3,(H2,25,30)(H,31,32)/t12-,13-,14?,19?,21-/m0/s1. The van der Waals surface area contributed by atoms with Crippen LogP contribution < -0.4 is 5.73 Å². The molecule has 1 aromatic rings. The third-order valence-electron chi connectivity index (χ3n) is 7.59. The molecular weight excluding hydrogens is 488 g/mol. The molecule has 188 valence electrons. The van der Waals surface area contributed by atoms with E-state index in [1.54, 1.807) is 13.0 Å². The highest BCUT2D eigenvalue weighted by Gasteiger charge is 2.76. The maximum atomic E-state index is 13.8. The van der Waals surface area contributed by atoms with Crippen molar-refractivity contribution in [1.29, 1.82) is 5.26 Å². The number of nitriles is 1. The molecular formula is C21H23F2N5O6S. The molecule has 1 saturated heterocycles. The number of aliphatic carboxylic acids is 1. The number of carbonyl (C=O) groups excluding carboxylic acids is 2. The van der Waals surface area contributed by atoms with Crippen LogP contribution in [0, 0.1) is 40.9 Å². The maximum absolute atomic E-state index is 13.8. The minimum Gasteiger partial charge on any atom is -0.481 e. The number of carbonyl (C=O) groups is 3. The molecule has 2 aliphatic carbocycles. The molecule has 2 amide bonds. The van der Waals surface area contributed by atoms with E-state index in [0.717, 1.165) is 4.90 Å². The number of nitrogens with two attached hydrogens (primary N) is 1. The van der Waals surface area contributed by atoms with Crippen LogP contribution in [0.15, 0.2) is 17.2 Å². The average Bonchev–Trinajstić information content (AvgIpc) is 3.23. The SMILES string of the molecule is Cc1ccc(S(=O)(=O)[C@H]2C[C@@H](C(=O)N3CCC(F)(F)C3)[C@](C(=O)O)(C3CC3(C#N)C(N)=O)C2)nn1. The number of aromatic nitrogens is 2. The summed E-state index contributed by atoms with van der Waals surface area (Å²) in [7, 11) is -4.30. The van der Waals surface area contributed by atoms with Gasteiger partial charge >= 0.3 is 5.97 Å². The fourth-order valence-corrected chi connectivity index (χ4v) is 7.29. The molecule has 2 saturated carbocycles. The number of rotatable bonds is 6. The molecule has 1 aliphatic heterocycles. The average molecular weight is 512 g/mol. The largest absolute Gasteiger partial charge is 0.481 e. The molecule has 0 radical (unpaired) electrons. The second kappa shape index (κ2) is 7.91. The summed E-state index contributed by atoms with van der Waals surface area (Å²) in [5.41, 5.74) is 1.76. The van der Waals surface area contributed by atoms with Crippen molar-refractivity contribution in [1.82, 2.24) is 15.1 Å². The van der Waals surface area contributed by atoms with Crippen molar-refractivity contribution in [2.45, 2.75) is 48.8 Å². The molecule has 35 heavy (non-hydrogen) atoms. The van der Waals surface area contributed by atoms with Gasteiger partial charge < -0.3 is 15.7 Å². The van der Waals surface area contributed by atoms with E-state index >= 15 is 0 Å². The number of nitrogens with zero attached hydrogens (tertiary/aromatic N) is 4. The summed E-state index contributed by atoms with van der Waals surface area (Å²) < 4.78 is 54.4.